The molecule has 3 rings (SSSR count). The number of carbonyl (C=O) groups is 2. The lowest BCUT2D eigenvalue weighted by atomic mass is 9.72. The van der Waals surface area contributed by atoms with Crippen molar-refractivity contribution in [3.05, 3.63) is 35.6 Å². The molecule has 6 heteroatoms. The molecule has 2 aliphatic rings. The van der Waals surface area contributed by atoms with Gasteiger partial charge in [0, 0.05) is 33.1 Å². The molecular formula is C20H28FN3O2. The van der Waals surface area contributed by atoms with Crippen LogP contribution in [0.15, 0.2) is 24.3 Å². The summed E-state index contributed by atoms with van der Waals surface area (Å²) in [6.45, 7) is 2.18. The van der Waals surface area contributed by atoms with E-state index < -0.39 is 6.04 Å². The van der Waals surface area contributed by atoms with Gasteiger partial charge in [-0.3, -0.25) is 14.5 Å². The van der Waals surface area contributed by atoms with E-state index in [1.165, 1.54) is 12.1 Å². The topological polar surface area (TPSA) is 43.9 Å². The highest BCUT2D eigenvalue weighted by Gasteiger charge is 2.41. The number of amides is 2. The lowest BCUT2D eigenvalue weighted by molar-refractivity contribution is -0.143. The number of halogens is 1. The third-order valence-electron chi connectivity index (χ3n) is 5.92. The van der Waals surface area contributed by atoms with Crippen LogP contribution >= 0.6 is 0 Å². The summed E-state index contributed by atoms with van der Waals surface area (Å²) in [5, 5.41) is 0. The maximum atomic E-state index is 13.6. The first-order valence-corrected chi connectivity index (χ1v) is 9.26. The quantitative estimate of drug-likeness (QED) is 0.830. The number of benzene rings is 1. The van der Waals surface area contributed by atoms with E-state index in [9.17, 15) is 14.0 Å². The molecular weight excluding hydrogens is 333 g/mol. The van der Waals surface area contributed by atoms with Crippen LogP contribution < -0.4 is 0 Å². The number of nitrogens with zero attached hydrogens (tertiary/aromatic N) is 3. The average Bonchev–Trinajstić information content (AvgIpc) is 2.59. The zero-order valence-electron chi connectivity index (χ0n) is 15.9. The molecule has 26 heavy (non-hydrogen) atoms. The number of rotatable bonds is 3. The summed E-state index contributed by atoms with van der Waals surface area (Å²) in [6, 6.07) is 5.81. The largest absolute Gasteiger partial charge is 0.345 e. The van der Waals surface area contributed by atoms with Gasteiger partial charge in [0.05, 0.1) is 0 Å². The number of carbonyl (C=O) groups excluding carboxylic acids is 2. The molecule has 2 heterocycles. The van der Waals surface area contributed by atoms with Crippen LogP contribution in [0.3, 0.4) is 0 Å². The maximum Gasteiger partial charge on any atom is 0.244 e. The van der Waals surface area contributed by atoms with E-state index in [0.717, 1.165) is 25.8 Å². The van der Waals surface area contributed by atoms with Crippen LogP contribution in [0.2, 0.25) is 0 Å². The molecule has 1 unspecified atom stereocenters. The monoisotopic (exact) mass is 361 g/mol. The van der Waals surface area contributed by atoms with Crippen molar-refractivity contribution in [2.24, 2.45) is 5.41 Å². The van der Waals surface area contributed by atoms with Gasteiger partial charge in [-0.2, -0.15) is 0 Å². The van der Waals surface area contributed by atoms with Crippen LogP contribution in [-0.2, 0) is 9.59 Å². The first-order valence-electron chi connectivity index (χ1n) is 9.26. The predicted molar refractivity (Wildman–Crippen MR) is 97.9 cm³/mol. The number of hydrogen-bond donors (Lipinski definition) is 0. The van der Waals surface area contributed by atoms with E-state index >= 15 is 0 Å². The van der Waals surface area contributed by atoms with Gasteiger partial charge in [0.25, 0.3) is 0 Å². The molecule has 0 N–H and O–H groups in total. The second kappa shape index (κ2) is 7.35. The minimum atomic E-state index is -0.477. The number of piperidine rings is 2. The van der Waals surface area contributed by atoms with Crippen LogP contribution in [0.1, 0.15) is 37.3 Å². The Morgan fingerprint density at radius 2 is 1.92 bits per heavy atom. The highest BCUT2D eigenvalue weighted by atomic mass is 19.1. The van der Waals surface area contributed by atoms with Crippen LogP contribution in [-0.4, -0.2) is 67.3 Å². The Morgan fingerprint density at radius 1 is 1.23 bits per heavy atom. The zero-order chi connectivity index (χ0) is 18.9. The lowest BCUT2D eigenvalue weighted by Crippen LogP contribution is -2.52. The molecule has 0 aliphatic carbocycles. The average molecular weight is 361 g/mol. The molecule has 0 aromatic heterocycles. The second-order valence-electron chi connectivity index (χ2n) is 8.00. The van der Waals surface area contributed by atoms with Gasteiger partial charge in [-0.1, -0.05) is 12.1 Å². The third kappa shape index (κ3) is 3.75. The molecule has 2 aliphatic heterocycles. The lowest BCUT2D eigenvalue weighted by Gasteiger charge is -2.47. The van der Waals surface area contributed by atoms with Crippen molar-refractivity contribution < 1.29 is 14.0 Å². The van der Waals surface area contributed by atoms with Crippen LogP contribution in [0.5, 0.6) is 0 Å². The molecule has 2 fully saturated rings. The molecule has 1 spiro atoms. The number of likely N-dealkylation sites (N-methyl/N-ethyl adjacent to an activating group) is 1. The van der Waals surface area contributed by atoms with Crippen molar-refractivity contribution in [3.8, 4) is 0 Å². The smallest absolute Gasteiger partial charge is 0.244 e. The Balaban J connectivity index is 1.69. The Hall–Kier alpha value is -1.95. The summed E-state index contributed by atoms with van der Waals surface area (Å²) < 4.78 is 13.6. The molecule has 0 bridgehead atoms. The molecule has 1 atom stereocenters. The van der Waals surface area contributed by atoms with E-state index in [-0.39, 0.29) is 23.0 Å². The van der Waals surface area contributed by atoms with Gasteiger partial charge in [0.2, 0.25) is 11.8 Å². The van der Waals surface area contributed by atoms with E-state index in [0.29, 0.717) is 25.1 Å². The van der Waals surface area contributed by atoms with Crippen molar-refractivity contribution in [2.45, 2.75) is 31.7 Å². The minimum Gasteiger partial charge on any atom is -0.345 e. The summed E-state index contributed by atoms with van der Waals surface area (Å²) in [4.78, 5) is 30.5. The molecule has 0 saturated carbocycles. The third-order valence-corrected chi connectivity index (χ3v) is 5.92. The Kier molecular flexibility index (Phi) is 5.32. The van der Waals surface area contributed by atoms with Crippen molar-refractivity contribution in [1.29, 1.82) is 0 Å². The van der Waals surface area contributed by atoms with E-state index in [4.69, 9.17) is 0 Å². The van der Waals surface area contributed by atoms with Crippen LogP contribution in [0, 0.1) is 11.2 Å². The van der Waals surface area contributed by atoms with Gasteiger partial charge < -0.3 is 9.80 Å². The van der Waals surface area contributed by atoms with Gasteiger partial charge in [-0.15, -0.1) is 0 Å². The second-order valence-corrected chi connectivity index (χ2v) is 8.00. The molecule has 1 aromatic carbocycles. The number of hydrogen-bond acceptors (Lipinski definition) is 3. The SMILES string of the molecule is CN1CC2(CCC1=O)CCN(C(=O)C(c1cccc(F)c1)N(C)C)CC2. The zero-order valence-corrected chi connectivity index (χ0v) is 15.9. The number of likely N-dealkylation sites (tertiary alicyclic amines) is 2. The van der Waals surface area contributed by atoms with E-state index in [1.54, 1.807) is 12.1 Å². The Bertz CT molecular complexity index is 683. The highest BCUT2D eigenvalue weighted by Crippen LogP contribution is 2.40. The van der Waals surface area contributed by atoms with Crippen molar-refractivity contribution in [2.75, 3.05) is 40.8 Å². The molecule has 142 valence electrons. The van der Waals surface area contributed by atoms with Gasteiger partial charge in [0.1, 0.15) is 11.9 Å². The fourth-order valence-corrected chi connectivity index (χ4v) is 4.35. The molecule has 0 radical (unpaired) electrons. The summed E-state index contributed by atoms with van der Waals surface area (Å²) in [6.07, 6.45) is 3.35. The van der Waals surface area contributed by atoms with Gasteiger partial charge in [-0.05, 0) is 56.5 Å². The predicted octanol–water partition coefficient (Wildman–Crippen LogP) is 2.29. The fourth-order valence-electron chi connectivity index (χ4n) is 4.35. The van der Waals surface area contributed by atoms with Crippen molar-refractivity contribution in [3.63, 3.8) is 0 Å². The summed E-state index contributed by atoms with van der Waals surface area (Å²) in [5.74, 6) is -0.0849. The molecule has 2 amide bonds. The van der Waals surface area contributed by atoms with Gasteiger partial charge in [-0.25, -0.2) is 4.39 Å². The molecule has 2 saturated heterocycles. The summed E-state index contributed by atoms with van der Waals surface area (Å²) >= 11 is 0. The van der Waals surface area contributed by atoms with Crippen LogP contribution in [0.4, 0.5) is 4.39 Å². The minimum absolute atomic E-state index is 0.0238. The van der Waals surface area contributed by atoms with E-state index in [2.05, 4.69) is 0 Å². The van der Waals surface area contributed by atoms with Crippen LogP contribution in [0.25, 0.3) is 0 Å². The molecule has 1 aromatic rings. The maximum absolute atomic E-state index is 13.6. The Morgan fingerprint density at radius 3 is 2.50 bits per heavy atom. The van der Waals surface area contributed by atoms with E-state index in [1.807, 2.05) is 35.8 Å². The molecule has 5 nitrogen and oxygen atoms in total. The Labute approximate surface area is 154 Å². The fraction of sp³-hybridized carbons (Fsp3) is 0.600. The van der Waals surface area contributed by atoms with Crippen molar-refractivity contribution >= 4 is 11.8 Å². The van der Waals surface area contributed by atoms with Gasteiger partial charge in [0.15, 0.2) is 0 Å². The van der Waals surface area contributed by atoms with Gasteiger partial charge >= 0.3 is 0 Å². The highest BCUT2D eigenvalue weighted by molar-refractivity contribution is 5.83. The normalized spacial score (nSPS) is 21.3. The summed E-state index contributed by atoms with van der Waals surface area (Å²) in [5.41, 5.74) is 0.828. The summed E-state index contributed by atoms with van der Waals surface area (Å²) in [7, 11) is 5.56. The van der Waals surface area contributed by atoms with Crippen molar-refractivity contribution in [1.82, 2.24) is 14.7 Å². The standard InChI is InChI=1S/C20H28FN3O2/c1-22(2)18(15-5-4-6-16(21)13-15)19(26)24-11-9-20(10-12-24)8-7-17(25)23(3)14-20/h4-6,13,18H,7-12,14H2,1-3H3. The first-order chi connectivity index (χ1) is 12.3. The first kappa shape index (κ1) is 18.8.